The summed E-state index contributed by atoms with van der Waals surface area (Å²) in [7, 11) is 0. The Morgan fingerprint density at radius 3 is 2.56 bits per heavy atom. The van der Waals surface area contributed by atoms with Crippen LogP contribution in [0.4, 0.5) is 11.4 Å². The molecule has 2 saturated heterocycles. The lowest BCUT2D eigenvalue weighted by atomic mass is 9.79. The van der Waals surface area contributed by atoms with E-state index in [-0.39, 0.29) is 29.6 Å². The molecule has 0 radical (unpaired) electrons. The Labute approximate surface area is 201 Å². The number of carbonyl (C=O) groups excluding carboxylic acids is 2. The van der Waals surface area contributed by atoms with Crippen LogP contribution in [0.2, 0.25) is 0 Å². The Kier molecular flexibility index (Phi) is 7.81. The van der Waals surface area contributed by atoms with Crippen molar-refractivity contribution in [3.63, 3.8) is 0 Å². The number of anilines is 2. The summed E-state index contributed by atoms with van der Waals surface area (Å²) in [6.07, 6.45) is 2.45. The van der Waals surface area contributed by atoms with Crippen LogP contribution in [0.5, 0.6) is 0 Å². The highest BCUT2D eigenvalue weighted by molar-refractivity contribution is 5.93. The monoisotopic (exact) mass is 460 g/mol. The third-order valence-electron chi connectivity index (χ3n) is 6.83. The summed E-state index contributed by atoms with van der Waals surface area (Å²) in [5.74, 6) is -0.0459. The molecule has 2 aromatic rings. The van der Waals surface area contributed by atoms with Gasteiger partial charge in [-0.25, -0.2) is 0 Å². The molecule has 2 aliphatic heterocycles. The van der Waals surface area contributed by atoms with Crippen LogP contribution in [0.25, 0.3) is 0 Å². The Morgan fingerprint density at radius 2 is 1.91 bits per heavy atom. The van der Waals surface area contributed by atoms with Crippen molar-refractivity contribution in [1.82, 2.24) is 5.32 Å². The maximum atomic E-state index is 12.9. The number of likely N-dealkylation sites (N-methyl/N-ethyl adjacent to an activating group) is 1. The molecule has 7 heteroatoms. The first-order chi connectivity index (χ1) is 16.6. The fourth-order valence-electron chi connectivity index (χ4n) is 5.02. The molecule has 2 fully saturated rings. The van der Waals surface area contributed by atoms with E-state index in [2.05, 4.69) is 21.6 Å². The topological polar surface area (TPSA) is 94.5 Å². The van der Waals surface area contributed by atoms with Gasteiger partial charge in [-0.15, -0.1) is 0 Å². The molecule has 4 rings (SSSR count). The van der Waals surface area contributed by atoms with E-state index in [9.17, 15) is 14.9 Å². The van der Waals surface area contributed by atoms with Crippen molar-refractivity contribution in [3.8, 4) is 6.07 Å². The number of carbonyl (C=O) groups is 2. The SMILES string of the molecule is CCNC(=O)C(c1ccccc1)C1CCN(c2ccc(NC(=O)C3CCOC3)cc2C#N)CC1. The van der Waals surface area contributed by atoms with Crippen LogP contribution in [0.1, 0.15) is 43.2 Å². The lowest BCUT2D eigenvalue weighted by Crippen LogP contribution is -2.40. The van der Waals surface area contributed by atoms with Crippen molar-refractivity contribution in [2.75, 3.05) is 43.1 Å². The summed E-state index contributed by atoms with van der Waals surface area (Å²) in [6, 6.07) is 17.8. The minimum absolute atomic E-state index is 0.0627. The van der Waals surface area contributed by atoms with E-state index in [0.29, 0.717) is 31.0 Å². The quantitative estimate of drug-likeness (QED) is 0.658. The minimum atomic E-state index is -0.170. The Bertz CT molecular complexity index is 1040. The number of rotatable bonds is 7. The summed E-state index contributed by atoms with van der Waals surface area (Å²) in [4.78, 5) is 27.5. The number of amides is 2. The van der Waals surface area contributed by atoms with Crippen LogP contribution >= 0.6 is 0 Å². The molecule has 2 N–H and O–H groups in total. The van der Waals surface area contributed by atoms with Gasteiger partial charge in [-0.3, -0.25) is 9.59 Å². The minimum Gasteiger partial charge on any atom is -0.381 e. The van der Waals surface area contributed by atoms with E-state index in [1.54, 1.807) is 6.07 Å². The van der Waals surface area contributed by atoms with E-state index >= 15 is 0 Å². The van der Waals surface area contributed by atoms with Crippen LogP contribution in [0, 0.1) is 23.2 Å². The zero-order valence-electron chi connectivity index (χ0n) is 19.6. The maximum Gasteiger partial charge on any atom is 0.229 e. The van der Waals surface area contributed by atoms with Crippen LogP contribution in [0.15, 0.2) is 48.5 Å². The molecule has 178 valence electrons. The molecular formula is C27H32N4O3. The maximum absolute atomic E-state index is 12.9. The molecule has 0 bridgehead atoms. The Hall–Kier alpha value is -3.37. The molecule has 2 heterocycles. The largest absolute Gasteiger partial charge is 0.381 e. The number of piperidine rings is 1. The highest BCUT2D eigenvalue weighted by atomic mass is 16.5. The molecule has 0 spiro atoms. The number of nitrogens with zero attached hydrogens (tertiary/aromatic N) is 2. The van der Waals surface area contributed by atoms with Crippen molar-refractivity contribution in [3.05, 3.63) is 59.7 Å². The van der Waals surface area contributed by atoms with Crippen LogP contribution in [0.3, 0.4) is 0 Å². The summed E-state index contributed by atoms with van der Waals surface area (Å²) in [6.45, 7) is 5.16. The fourth-order valence-corrected chi connectivity index (χ4v) is 5.02. The first-order valence-corrected chi connectivity index (χ1v) is 12.1. The standard InChI is InChI=1S/C27H32N4O3/c1-2-29-27(33)25(19-6-4-3-5-7-19)20-10-13-31(14-11-20)24-9-8-23(16-22(24)17-28)30-26(32)21-12-15-34-18-21/h3-9,16,20-21,25H,2,10-15,18H2,1H3,(H,29,33)(H,30,32). The molecule has 2 unspecified atom stereocenters. The highest BCUT2D eigenvalue weighted by Crippen LogP contribution is 2.35. The summed E-state index contributed by atoms with van der Waals surface area (Å²) in [5, 5.41) is 15.7. The van der Waals surface area contributed by atoms with Gasteiger partial charge in [0.05, 0.1) is 29.7 Å². The molecule has 7 nitrogen and oxygen atoms in total. The zero-order chi connectivity index (χ0) is 23.9. The van der Waals surface area contributed by atoms with Crippen LogP contribution in [-0.2, 0) is 14.3 Å². The second-order valence-electron chi connectivity index (χ2n) is 9.00. The fraction of sp³-hybridized carbons (Fsp3) is 0.444. The summed E-state index contributed by atoms with van der Waals surface area (Å²) < 4.78 is 5.30. The van der Waals surface area contributed by atoms with Crippen molar-refractivity contribution >= 4 is 23.2 Å². The van der Waals surface area contributed by atoms with Gasteiger partial charge in [0.1, 0.15) is 6.07 Å². The summed E-state index contributed by atoms with van der Waals surface area (Å²) >= 11 is 0. The van der Waals surface area contributed by atoms with Crippen molar-refractivity contribution in [2.24, 2.45) is 11.8 Å². The lowest BCUT2D eigenvalue weighted by Gasteiger charge is -2.37. The second-order valence-corrected chi connectivity index (χ2v) is 9.00. The third kappa shape index (κ3) is 5.40. The van der Waals surface area contributed by atoms with Crippen molar-refractivity contribution in [1.29, 1.82) is 5.26 Å². The van der Waals surface area contributed by atoms with Gasteiger partial charge in [-0.1, -0.05) is 30.3 Å². The van der Waals surface area contributed by atoms with Crippen molar-refractivity contribution in [2.45, 2.75) is 32.1 Å². The Balaban J connectivity index is 1.44. The van der Waals surface area contributed by atoms with Gasteiger partial charge in [-0.2, -0.15) is 5.26 Å². The highest BCUT2D eigenvalue weighted by Gasteiger charge is 2.33. The third-order valence-corrected chi connectivity index (χ3v) is 6.83. The molecule has 2 aromatic carbocycles. The van der Waals surface area contributed by atoms with E-state index in [1.807, 2.05) is 49.4 Å². The average Bonchev–Trinajstić information content (AvgIpc) is 3.41. The van der Waals surface area contributed by atoms with Gasteiger partial charge in [0.2, 0.25) is 11.8 Å². The molecule has 2 aliphatic rings. The van der Waals surface area contributed by atoms with Crippen molar-refractivity contribution < 1.29 is 14.3 Å². The Morgan fingerprint density at radius 1 is 1.15 bits per heavy atom. The first-order valence-electron chi connectivity index (χ1n) is 12.1. The first kappa shape index (κ1) is 23.8. The summed E-state index contributed by atoms with van der Waals surface area (Å²) in [5.41, 5.74) is 3.10. The molecular weight excluding hydrogens is 428 g/mol. The van der Waals surface area contributed by atoms with Gasteiger partial charge >= 0.3 is 0 Å². The molecule has 0 saturated carbocycles. The zero-order valence-corrected chi connectivity index (χ0v) is 19.6. The van der Waals surface area contributed by atoms with Gasteiger partial charge in [0.25, 0.3) is 0 Å². The smallest absolute Gasteiger partial charge is 0.229 e. The number of ether oxygens (including phenoxy) is 1. The second kappa shape index (κ2) is 11.2. The van der Waals surface area contributed by atoms with Gasteiger partial charge in [0, 0.05) is 31.9 Å². The van der Waals surface area contributed by atoms with Crippen LogP contribution < -0.4 is 15.5 Å². The molecule has 0 aliphatic carbocycles. The van der Waals surface area contributed by atoms with Crippen LogP contribution in [-0.4, -0.2) is 44.7 Å². The van der Waals surface area contributed by atoms with Gasteiger partial charge in [0.15, 0.2) is 0 Å². The predicted molar refractivity (Wildman–Crippen MR) is 132 cm³/mol. The number of benzene rings is 2. The molecule has 2 atom stereocenters. The van der Waals surface area contributed by atoms with Gasteiger partial charge in [-0.05, 0) is 55.9 Å². The van der Waals surface area contributed by atoms with E-state index in [0.717, 1.165) is 43.6 Å². The number of hydrogen-bond donors (Lipinski definition) is 2. The van der Waals surface area contributed by atoms with E-state index < -0.39 is 0 Å². The van der Waals surface area contributed by atoms with E-state index in [1.165, 1.54) is 0 Å². The molecule has 0 aromatic heterocycles. The average molecular weight is 461 g/mol. The normalized spacial score (nSPS) is 19.3. The predicted octanol–water partition coefficient (Wildman–Crippen LogP) is 3.67. The molecule has 2 amide bonds. The number of hydrogen-bond acceptors (Lipinski definition) is 5. The van der Waals surface area contributed by atoms with Gasteiger partial charge < -0.3 is 20.3 Å². The number of nitriles is 1. The molecule has 34 heavy (non-hydrogen) atoms. The number of nitrogens with one attached hydrogen (secondary N) is 2. The lowest BCUT2D eigenvalue weighted by molar-refractivity contribution is -0.124. The van der Waals surface area contributed by atoms with E-state index in [4.69, 9.17) is 4.74 Å².